The van der Waals surface area contributed by atoms with Crippen LogP contribution in [0, 0.1) is 5.92 Å². The van der Waals surface area contributed by atoms with E-state index < -0.39 is 5.72 Å². The van der Waals surface area contributed by atoms with Crippen molar-refractivity contribution >= 4 is 5.91 Å². The van der Waals surface area contributed by atoms with Gasteiger partial charge in [0.25, 0.3) is 5.91 Å². The highest BCUT2D eigenvalue weighted by molar-refractivity contribution is 5.84. The van der Waals surface area contributed by atoms with Crippen molar-refractivity contribution in [3.8, 4) is 0 Å². The minimum atomic E-state index is -1.73. The van der Waals surface area contributed by atoms with Gasteiger partial charge in [0.2, 0.25) is 0 Å². The summed E-state index contributed by atoms with van der Waals surface area (Å²) in [5.74, 6) is -0.204. The number of ether oxygens (including phenoxy) is 1. The lowest BCUT2D eigenvalue weighted by atomic mass is 9.99. The predicted molar refractivity (Wildman–Crippen MR) is 56.0 cm³/mol. The molecule has 0 radical (unpaired) electrons. The summed E-state index contributed by atoms with van der Waals surface area (Å²) in [6, 6.07) is 0. The zero-order valence-corrected chi connectivity index (χ0v) is 9.40. The highest BCUT2D eigenvalue weighted by Crippen LogP contribution is 2.15. The lowest BCUT2D eigenvalue weighted by Crippen LogP contribution is -2.58. The SMILES string of the molecule is CC(C)C[C@](N)(O)C(=O)N1CCOCC1. The molecule has 0 aromatic rings. The van der Waals surface area contributed by atoms with Crippen LogP contribution in [0.15, 0.2) is 0 Å². The fourth-order valence-electron chi connectivity index (χ4n) is 1.75. The molecule has 0 spiro atoms. The van der Waals surface area contributed by atoms with Crippen molar-refractivity contribution in [2.75, 3.05) is 26.3 Å². The molecular formula is C10H20N2O3. The highest BCUT2D eigenvalue weighted by Gasteiger charge is 2.36. The number of hydrogen-bond acceptors (Lipinski definition) is 4. The van der Waals surface area contributed by atoms with E-state index in [1.807, 2.05) is 13.8 Å². The Kier molecular flexibility index (Phi) is 4.07. The third-order valence-electron chi connectivity index (χ3n) is 2.39. The molecule has 0 aromatic carbocycles. The Labute approximate surface area is 90.2 Å². The average molecular weight is 216 g/mol. The van der Waals surface area contributed by atoms with Gasteiger partial charge in [0.1, 0.15) is 0 Å². The standard InChI is InChI=1S/C10H20N2O3/c1-8(2)7-10(11,14)9(13)12-3-5-15-6-4-12/h8,14H,3-7,11H2,1-2H3/t10-/m0/s1. The summed E-state index contributed by atoms with van der Waals surface area (Å²) < 4.78 is 5.13. The largest absolute Gasteiger partial charge is 0.378 e. The number of carbonyl (C=O) groups excluding carboxylic acids is 1. The summed E-state index contributed by atoms with van der Waals surface area (Å²) in [5.41, 5.74) is 3.88. The second kappa shape index (κ2) is 4.92. The predicted octanol–water partition coefficient (Wildman–Crippen LogP) is -0.461. The van der Waals surface area contributed by atoms with Gasteiger partial charge in [0.15, 0.2) is 5.72 Å². The smallest absolute Gasteiger partial charge is 0.269 e. The molecule has 1 aliphatic rings. The molecule has 88 valence electrons. The number of amides is 1. The average Bonchev–Trinajstić information content (AvgIpc) is 2.16. The van der Waals surface area contributed by atoms with Gasteiger partial charge in [-0.15, -0.1) is 0 Å². The molecule has 0 saturated carbocycles. The first kappa shape index (κ1) is 12.4. The summed E-state index contributed by atoms with van der Waals surface area (Å²) in [7, 11) is 0. The summed E-state index contributed by atoms with van der Waals surface area (Å²) in [5, 5.41) is 9.85. The molecule has 1 fully saturated rings. The number of nitrogens with zero attached hydrogens (tertiary/aromatic N) is 1. The monoisotopic (exact) mass is 216 g/mol. The Bertz CT molecular complexity index is 223. The van der Waals surface area contributed by atoms with Gasteiger partial charge in [-0.25, -0.2) is 0 Å². The van der Waals surface area contributed by atoms with E-state index in [4.69, 9.17) is 10.5 Å². The normalized spacial score (nSPS) is 21.5. The molecule has 0 unspecified atom stereocenters. The van der Waals surface area contributed by atoms with Crippen LogP contribution in [0.5, 0.6) is 0 Å². The van der Waals surface area contributed by atoms with Crippen LogP contribution in [-0.2, 0) is 9.53 Å². The number of carbonyl (C=O) groups is 1. The van der Waals surface area contributed by atoms with Gasteiger partial charge in [-0.2, -0.15) is 0 Å². The molecule has 3 N–H and O–H groups in total. The Balaban J connectivity index is 2.56. The number of nitrogens with two attached hydrogens (primary N) is 1. The minimum absolute atomic E-state index is 0.185. The summed E-state index contributed by atoms with van der Waals surface area (Å²) in [6.07, 6.45) is 0.281. The molecule has 15 heavy (non-hydrogen) atoms. The molecule has 1 heterocycles. The zero-order chi connectivity index (χ0) is 11.5. The number of hydrogen-bond donors (Lipinski definition) is 2. The Morgan fingerprint density at radius 1 is 1.53 bits per heavy atom. The van der Waals surface area contributed by atoms with Crippen molar-refractivity contribution in [3.63, 3.8) is 0 Å². The molecule has 5 nitrogen and oxygen atoms in total. The molecule has 1 rings (SSSR count). The van der Waals surface area contributed by atoms with E-state index in [9.17, 15) is 9.90 Å². The van der Waals surface area contributed by atoms with Crippen molar-refractivity contribution in [1.82, 2.24) is 4.90 Å². The van der Waals surface area contributed by atoms with Crippen molar-refractivity contribution in [2.24, 2.45) is 11.7 Å². The Morgan fingerprint density at radius 2 is 2.07 bits per heavy atom. The van der Waals surface area contributed by atoms with Gasteiger partial charge < -0.3 is 14.7 Å². The van der Waals surface area contributed by atoms with Crippen LogP contribution in [0.3, 0.4) is 0 Å². The molecule has 5 heteroatoms. The second-order valence-electron chi connectivity index (χ2n) is 4.43. The van der Waals surface area contributed by atoms with Gasteiger partial charge in [0, 0.05) is 19.5 Å². The van der Waals surface area contributed by atoms with Crippen LogP contribution < -0.4 is 5.73 Å². The molecule has 1 atom stereocenters. The van der Waals surface area contributed by atoms with Gasteiger partial charge in [-0.3, -0.25) is 10.5 Å². The first-order valence-electron chi connectivity index (χ1n) is 5.32. The number of aliphatic hydroxyl groups is 1. The summed E-state index contributed by atoms with van der Waals surface area (Å²) in [4.78, 5) is 13.4. The number of rotatable bonds is 3. The van der Waals surface area contributed by atoms with Gasteiger partial charge in [0.05, 0.1) is 13.2 Å². The Morgan fingerprint density at radius 3 is 2.53 bits per heavy atom. The van der Waals surface area contributed by atoms with Crippen LogP contribution in [0.4, 0.5) is 0 Å². The fraction of sp³-hybridized carbons (Fsp3) is 0.900. The van der Waals surface area contributed by atoms with E-state index in [-0.39, 0.29) is 18.2 Å². The fourth-order valence-corrected chi connectivity index (χ4v) is 1.75. The lowest BCUT2D eigenvalue weighted by Gasteiger charge is -2.33. The van der Waals surface area contributed by atoms with Crippen LogP contribution in [0.2, 0.25) is 0 Å². The van der Waals surface area contributed by atoms with Gasteiger partial charge >= 0.3 is 0 Å². The summed E-state index contributed by atoms with van der Waals surface area (Å²) >= 11 is 0. The maximum Gasteiger partial charge on any atom is 0.269 e. The molecule has 0 aliphatic carbocycles. The van der Waals surface area contributed by atoms with Crippen molar-refractivity contribution < 1.29 is 14.6 Å². The quantitative estimate of drug-likeness (QED) is 0.626. The van der Waals surface area contributed by atoms with Gasteiger partial charge in [-0.05, 0) is 5.92 Å². The van der Waals surface area contributed by atoms with E-state index in [0.29, 0.717) is 26.3 Å². The maximum absolute atomic E-state index is 11.9. The van der Waals surface area contributed by atoms with Crippen LogP contribution in [0.25, 0.3) is 0 Å². The lowest BCUT2D eigenvalue weighted by molar-refractivity contribution is -0.156. The summed E-state index contributed by atoms with van der Waals surface area (Å²) in [6.45, 7) is 5.90. The molecular weight excluding hydrogens is 196 g/mol. The van der Waals surface area contributed by atoms with E-state index >= 15 is 0 Å². The van der Waals surface area contributed by atoms with E-state index in [0.717, 1.165) is 0 Å². The van der Waals surface area contributed by atoms with Crippen LogP contribution in [0.1, 0.15) is 20.3 Å². The maximum atomic E-state index is 11.9. The topological polar surface area (TPSA) is 75.8 Å². The second-order valence-corrected chi connectivity index (χ2v) is 4.43. The van der Waals surface area contributed by atoms with Crippen LogP contribution >= 0.6 is 0 Å². The molecule has 0 bridgehead atoms. The minimum Gasteiger partial charge on any atom is -0.378 e. The van der Waals surface area contributed by atoms with Crippen molar-refractivity contribution in [1.29, 1.82) is 0 Å². The highest BCUT2D eigenvalue weighted by atomic mass is 16.5. The van der Waals surface area contributed by atoms with Crippen molar-refractivity contribution in [3.05, 3.63) is 0 Å². The van der Waals surface area contributed by atoms with E-state index in [1.54, 1.807) is 4.90 Å². The van der Waals surface area contributed by atoms with E-state index in [1.165, 1.54) is 0 Å². The first-order valence-corrected chi connectivity index (χ1v) is 5.32. The number of morpholine rings is 1. The van der Waals surface area contributed by atoms with Crippen LogP contribution in [-0.4, -0.2) is 47.9 Å². The first-order chi connectivity index (χ1) is 6.93. The molecule has 1 aliphatic heterocycles. The van der Waals surface area contributed by atoms with E-state index in [2.05, 4.69) is 0 Å². The Hall–Kier alpha value is -0.650. The molecule has 1 saturated heterocycles. The third kappa shape index (κ3) is 3.44. The molecule has 0 aromatic heterocycles. The van der Waals surface area contributed by atoms with Gasteiger partial charge in [-0.1, -0.05) is 13.8 Å². The molecule has 1 amide bonds. The zero-order valence-electron chi connectivity index (χ0n) is 9.40. The third-order valence-corrected chi connectivity index (χ3v) is 2.39. The van der Waals surface area contributed by atoms with Crippen molar-refractivity contribution in [2.45, 2.75) is 26.0 Å².